The predicted octanol–water partition coefficient (Wildman–Crippen LogP) is 0.586. The van der Waals surface area contributed by atoms with Gasteiger partial charge in [-0.25, -0.2) is 8.42 Å². The zero-order valence-electron chi connectivity index (χ0n) is 11.4. The monoisotopic (exact) mass is 315 g/mol. The number of fused-ring (bicyclic) bond motifs is 1. The third-order valence-corrected chi connectivity index (χ3v) is 6.01. The molecule has 0 aliphatic carbocycles. The molecule has 1 saturated heterocycles. The Morgan fingerprint density at radius 1 is 1.45 bits per heavy atom. The molecule has 0 bridgehead atoms. The van der Waals surface area contributed by atoms with Gasteiger partial charge in [0.05, 0.1) is 11.5 Å². The minimum Gasteiger partial charge on any atom is -0.307 e. The molecule has 110 valence electrons. The van der Waals surface area contributed by atoms with E-state index in [1.807, 2.05) is 0 Å². The molecule has 7 nitrogen and oxygen atoms in total. The van der Waals surface area contributed by atoms with Gasteiger partial charge in [0.25, 0.3) is 0 Å². The largest absolute Gasteiger partial charge is 0.307 e. The second-order valence-electron chi connectivity index (χ2n) is 5.38. The molecule has 20 heavy (non-hydrogen) atoms. The number of nitrogens with one attached hydrogen (secondary N) is 1. The van der Waals surface area contributed by atoms with Gasteiger partial charge in [-0.15, -0.1) is 10.2 Å². The summed E-state index contributed by atoms with van der Waals surface area (Å²) in [5, 5.41) is 16.9. The Kier molecular flexibility index (Phi) is 3.51. The molecule has 3 rings (SSSR count). The van der Waals surface area contributed by atoms with Crippen LogP contribution in [0.4, 0.5) is 0 Å². The second kappa shape index (κ2) is 5.05. The minimum absolute atomic E-state index is 0.0407. The van der Waals surface area contributed by atoms with Crippen molar-refractivity contribution in [1.82, 2.24) is 25.1 Å². The summed E-state index contributed by atoms with van der Waals surface area (Å²) in [6, 6.07) is 0.0407. The summed E-state index contributed by atoms with van der Waals surface area (Å²) in [7, 11) is -2.84. The number of nitrogens with zero attached hydrogens (tertiary/aromatic N) is 4. The molecule has 9 heteroatoms. The molecule has 2 aromatic heterocycles. The van der Waals surface area contributed by atoms with Gasteiger partial charge in [0.1, 0.15) is 5.01 Å². The van der Waals surface area contributed by atoms with Crippen molar-refractivity contribution in [3.63, 3.8) is 0 Å². The van der Waals surface area contributed by atoms with Gasteiger partial charge in [-0.2, -0.15) is 9.61 Å². The Labute approximate surface area is 121 Å². The van der Waals surface area contributed by atoms with Crippen LogP contribution >= 0.6 is 11.3 Å². The summed E-state index contributed by atoms with van der Waals surface area (Å²) >= 11 is 1.49. The van der Waals surface area contributed by atoms with Gasteiger partial charge in [-0.1, -0.05) is 25.2 Å². The van der Waals surface area contributed by atoms with Gasteiger partial charge in [0.15, 0.2) is 15.7 Å². The van der Waals surface area contributed by atoms with E-state index in [2.05, 4.69) is 34.5 Å². The van der Waals surface area contributed by atoms with Crippen LogP contribution in [0.15, 0.2) is 0 Å². The quantitative estimate of drug-likeness (QED) is 0.888. The van der Waals surface area contributed by atoms with Crippen molar-refractivity contribution in [2.75, 3.05) is 11.5 Å². The van der Waals surface area contributed by atoms with Crippen LogP contribution < -0.4 is 5.32 Å². The van der Waals surface area contributed by atoms with Gasteiger partial charge in [0.2, 0.25) is 4.96 Å². The van der Waals surface area contributed by atoms with Crippen LogP contribution in [-0.4, -0.2) is 45.8 Å². The highest BCUT2D eigenvalue weighted by molar-refractivity contribution is 7.91. The van der Waals surface area contributed by atoms with Gasteiger partial charge in [0, 0.05) is 18.5 Å². The fourth-order valence-corrected chi connectivity index (χ4v) is 4.79. The number of sulfone groups is 1. The Balaban J connectivity index is 1.69. The summed E-state index contributed by atoms with van der Waals surface area (Å²) in [4.78, 5) is 0.782. The summed E-state index contributed by atoms with van der Waals surface area (Å²) in [5.41, 5.74) is 0. The van der Waals surface area contributed by atoms with Gasteiger partial charge < -0.3 is 5.32 Å². The van der Waals surface area contributed by atoms with Crippen molar-refractivity contribution >= 4 is 26.1 Å². The van der Waals surface area contributed by atoms with E-state index >= 15 is 0 Å². The minimum atomic E-state index is -2.84. The molecule has 1 aliphatic heterocycles. The maximum Gasteiger partial charge on any atom is 0.234 e. The first-order valence-corrected chi connectivity index (χ1v) is 9.23. The van der Waals surface area contributed by atoms with E-state index in [4.69, 9.17) is 0 Å². The van der Waals surface area contributed by atoms with E-state index in [-0.39, 0.29) is 23.5 Å². The Bertz CT molecular complexity index is 718. The number of rotatable bonds is 4. The summed E-state index contributed by atoms with van der Waals surface area (Å²) in [6.45, 7) is 4.68. The molecule has 0 spiro atoms. The lowest BCUT2D eigenvalue weighted by Crippen LogP contribution is -2.29. The highest BCUT2D eigenvalue weighted by Gasteiger charge is 2.27. The number of hydrogen-bond donors (Lipinski definition) is 1. The predicted molar refractivity (Wildman–Crippen MR) is 76.6 cm³/mol. The van der Waals surface area contributed by atoms with Crippen molar-refractivity contribution < 1.29 is 8.42 Å². The first-order chi connectivity index (χ1) is 9.44. The van der Waals surface area contributed by atoms with Crippen molar-refractivity contribution in [3.05, 3.63) is 10.8 Å². The van der Waals surface area contributed by atoms with Gasteiger partial charge >= 0.3 is 0 Å². The molecule has 1 fully saturated rings. The molecule has 1 aliphatic rings. The molecule has 1 atom stereocenters. The van der Waals surface area contributed by atoms with E-state index in [0.717, 1.165) is 15.8 Å². The first kappa shape index (κ1) is 13.9. The zero-order chi connectivity index (χ0) is 14.3. The van der Waals surface area contributed by atoms with Crippen LogP contribution in [0, 0.1) is 0 Å². The van der Waals surface area contributed by atoms with Crippen molar-refractivity contribution in [2.45, 2.75) is 38.8 Å². The van der Waals surface area contributed by atoms with E-state index in [1.165, 1.54) is 11.3 Å². The second-order valence-corrected chi connectivity index (χ2v) is 8.65. The zero-order valence-corrected chi connectivity index (χ0v) is 13.0. The Hall–Kier alpha value is -1.06. The maximum atomic E-state index is 11.4. The third-order valence-electron chi connectivity index (χ3n) is 3.35. The standard InChI is InChI=1S/C11H17N5O2S2/c1-7(2)10-13-14-11-16(10)15-9(19-11)5-12-8-3-4-20(17,18)6-8/h7-8,12H,3-6H2,1-2H3. The van der Waals surface area contributed by atoms with Crippen LogP contribution in [0.3, 0.4) is 0 Å². The molecule has 3 heterocycles. The Morgan fingerprint density at radius 3 is 2.90 bits per heavy atom. The van der Waals surface area contributed by atoms with Crippen LogP contribution in [-0.2, 0) is 16.4 Å². The fourth-order valence-electron chi connectivity index (χ4n) is 2.29. The highest BCUT2D eigenvalue weighted by atomic mass is 32.2. The van der Waals surface area contributed by atoms with Crippen LogP contribution in [0.5, 0.6) is 0 Å². The van der Waals surface area contributed by atoms with Crippen molar-refractivity contribution in [3.8, 4) is 0 Å². The number of hydrogen-bond acceptors (Lipinski definition) is 7. The average molecular weight is 315 g/mol. The summed E-state index contributed by atoms with van der Waals surface area (Å²) in [6.07, 6.45) is 0.684. The lowest BCUT2D eigenvalue weighted by Gasteiger charge is -2.07. The van der Waals surface area contributed by atoms with Gasteiger partial charge in [-0.3, -0.25) is 0 Å². The maximum absolute atomic E-state index is 11.4. The molecule has 0 saturated carbocycles. The fraction of sp³-hybridized carbons (Fsp3) is 0.727. The topological polar surface area (TPSA) is 89.2 Å². The molecular formula is C11H17N5O2S2. The van der Waals surface area contributed by atoms with Gasteiger partial charge in [-0.05, 0) is 6.42 Å². The summed E-state index contributed by atoms with van der Waals surface area (Å²) in [5.74, 6) is 1.64. The third kappa shape index (κ3) is 2.70. The van der Waals surface area contributed by atoms with Crippen molar-refractivity contribution in [1.29, 1.82) is 0 Å². The van der Waals surface area contributed by atoms with E-state index in [9.17, 15) is 8.42 Å². The SMILES string of the molecule is CC(C)c1nnc2sc(CNC3CCS(=O)(=O)C3)nn12. The molecule has 1 N–H and O–H groups in total. The first-order valence-electron chi connectivity index (χ1n) is 6.59. The lowest BCUT2D eigenvalue weighted by molar-refractivity contribution is 0.549. The normalized spacial score (nSPS) is 22.1. The molecule has 1 unspecified atom stereocenters. The van der Waals surface area contributed by atoms with E-state index in [1.54, 1.807) is 4.52 Å². The van der Waals surface area contributed by atoms with E-state index < -0.39 is 9.84 Å². The number of aromatic nitrogens is 4. The molecule has 0 amide bonds. The smallest absolute Gasteiger partial charge is 0.234 e. The lowest BCUT2D eigenvalue weighted by atomic mass is 10.2. The van der Waals surface area contributed by atoms with Crippen LogP contribution in [0.25, 0.3) is 4.96 Å². The van der Waals surface area contributed by atoms with E-state index in [0.29, 0.717) is 13.0 Å². The van der Waals surface area contributed by atoms with Crippen LogP contribution in [0.2, 0.25) is 0 Å². The highest BCUT2D eigenvalue weighted by Crippen LogP contribution is 2.19. The Morgan fingerprint density at radius 2 is 2.25 bits per heavy atom. The molecule has 2 aromatic rings. The van der Waals surface area contributed by atoms with Crippen molar-refractivity contribution in [2.24, 2.45) is 0 Å². The summed E-state index contributed by atoms with van der Waals surface area (Å²) < 4.78 is 24.6. The molecule has 0 aromatic carbocycles. The van der Waals surface area contributed by atoms with Crippen LogP contribution in [0.1, 0.15) is 37.0 Å². The average Bonchev–Trinajstić information content (AvgIpc) is 2.99. The molecular weight excluding hydrogens is 298 g/mol. The molecule has 0 radical (unpaired) electrons.